The van der Waals surface area contributed by atoms with Crippen LogP contribution in [0.5, 0.6) is 0 Å². The van der Waals surface area contributed by atoms with Gasteiger partial charge in [0.05, 0.1) is 24.1 Å². The molecule has 3 aromatic heterocycles. The van der Waals surface area contributed by atoms with Gasteiger partial charge in [-0.1, -0.05) is 18.1 Å². The van der Waals surface area contributed by atoms with Gasteiger partial charge in [-0.2, -0.15) is 4.98 Å². The zero-order valence-electron chi connectivity index (χ0n) is 21.8. The molecule has 0 aliphatic carbocycles. The number of benzene rings is 1. The van der Waals surface area contributed by atoms with Gasteiger partial charge in [0.25, 0.3) is 5.56 Å². The van der Waals surface area contributed by atoms with Crippen LogP contribution in [0, 0.1) is 11.8 Å². The number of fused-ring (bicyclic) bond motifs is 2. The normalized spacial score (nSPS) is 15.6. The lowest BCUT2D eigenvalue weighted by atomic mass is 10.1. The van der Waals surface area contributed by atoms with Crippen LogP contribution < -0.4 is 27.2 Å². The van der Waals surface area contributed by atoms with E-state index >= 15 is 0 Å². The number of hydrogen-bond donors (Lipinski definition) is 2. The molecule has 0 bridgehead atoms. The first kappa shape index (κ1) is 25.3. The maximum absolute atomic E-state index is 13.9. The van der Waals surface area contributed by atoms with Gasteiger partial charge in [0.15, 0.2) is 11.2 Å². The summed E-state index contributed by atoms with van der Waals surface area (Å²) in [5.41, 5.74) is 7.21. The monoisotopic (exact) mass is 517 g/mol. The van der Waals surface area contributed by atoms with Crippen molar-refractivity contribution in [3.8, 4) is 11.8 Å². The number of aryl methyl sites for hydroxylation is 1. The lowest BCUT2D eigenvalue weighted by molar-refractivity contribution is -0.121. The molecule has 1 fully saturated rings. The van der Waals surface area contributed by atoms with Crippen molar-refractivity contribution in [2.75, 3.05) is 25.0 Å². The van der Waals surface area contributed by atoms with E-state index in [1.165, 1.54) is 4.57 Å². The van der Waals surface area contributed by atoms with Crippen molar-refractivity contribution in [1.29, 1.82) is 0 Å². The molecular formula is C26H31N9O3. The number of hydrogen-bond acceptors (Lipinski definition) is 7. The van der Waals surface area contributed by atoms with Gasteiger partial charge in [-0.15, -0.1) is 5.92 Å². The lowest BCUT2D eigenvalue weighted by Gasteiger charge is -2.31. The van der Waals surface area contributed by atoms with E-state index in [4.69, 9.17) is 10.7 Å². The number of amides is 1. The molecule has 1 atom stereocenters. The maximum atomic E-state index is 13.9. The maximum Gasteiger partial charge on any atom is 0.332 e. The Morgan fingerprint density at radius 1 is 1.18 bits per heavy atom. The Bertz CT molecular complexity index is 1710. The number of carbonyl (C=O) groups is 1. The standard InChI is InChI=1S/C26H31N9O3/c1-4-5-13-33-22-23(30-25(33)32-12-8-9-17(27)14-32)31(3)26(38)35(24(22)37)15-20-29-18-10-6-7-11-19(18)34(20)16-21(36)28-2/h6-7,10-11,17H,8-9,12-16,27H2,1-3H3,(H,28,36). The molecule has 38 heavy (non-hydrogen) atoms. The van der Waals surface area contributed by atoms with Gasteiger partial charge < -0.3 is 20.5 Å². The van der Waals surface area contributed by atoms with E-state index in [0.717, 1.165) is 29.5 Å². The van der Waals surface area contributed by atoms with E-state index < -0.39 is 11.2 Å². The Morgan fingerprint density at radius 2 is 1.97 bits per heavy atom. The van der Waals surface area contributed by atoms with Crippen LogP contribution in [-0.2, 0) is 31.5 Å². The van der Waals surface area contributed by atoms with Gasteiger partial charge in [0.1, 0.15) is 12.4 Å². The molecule has 1 saturated heterocycles. The first-order chi connectivity index (χ1) is 18.3. The van der Waals surface area contributed by atoms with Gasteiger partial charge in [-0.05, 0) is 31.9 Å². The fourth-order valence-corrected chi connectivity index (χ4v) is 5.03. The van der Waals surface area contributed by atoms with Crippen LogP contribution in [0.25, 0.3) is 22.2 Å². The predicted octanol–water partition coefficient (Wildman–Crippen LogP) is -0.00850. The van der Waals surface area contributed by atoms with Crippen LogP contribution in [0.15, 0.2) is 33.9 Å². The van der Waals surface area contributed by atoms with Gasteiger partial charge in [-0.25, -0.2) is 9.78 Å². The summed E-state index contributed by atoms with van der Waals surface area (Å²) >= 11 is 0. The number of nitrogens with zero attached hydrogens (tertiary/aromatic N) is 7. The molecule has 4 heterocycles. The van der Waals surface area contributed by atoms with E-state index in [9.17, 15) is 14.4 Å². The number of carbonyl (C=O) groups excluding carboxylic acids is 1. The Kier molecular flexibility index (Phi) is 6.77. The first-order valence-corrected chi connectivity index (χ1v) is 12.6. The number of piperidine rings is 1. The van der Waals surface area contributed by atoms with Crippen LogP contribution in [0.1, 0.15) is 25.6 Å². The molecule has 0 radical (unpaired) electrons. The second-order valence-electron chi connectivity index (χ2n) is 9.45. The average Bonchev–Trinajstić information content (AvgIpc) is 3.47. The van der Waals surface area contributed by atoms with Crippen molar-refractivity contribution in [3.63, 3.8) is 0 Å². The first-order valence-electron chi connectivity index (χ1n) is 12.6. The third-order valence-electron chi connectivity index (χ3n) is 6.98. The second kappa shape index (κ2) is 10.2. The highest BCUT2D eigenvalue weighted by molar-refractivity contribution is 5.81. The summed E-state index contributed by atoms with van der Waals surface area (Å²) in [6.07, 6.45) is 1.84. The van der Waals surface area contributed by atoms with Crippen molar-refractivity contribution < 1.29 is 4.79 Å². The zero-order valence-corrected chi connectivity index (χ0v) is 21.8. The molecule has 0 saturated carbocycles. The molecule has 1 amide bonds. The Hall–Kier alpha value is -4.37. The number of nitrogens with two attached hydrogens (primary N) is 1. The van der Waals surface area contributed by atoms with Gasteiger partial charge in [0.2, 0.25) is 11.9 Å². The number of rotatable bonds is 6. The van der Waals surface area contributed by atoms with Gasteiger partial charge >= 0.3 is 5.69 Å². The van der Waals surface area contributed by atoms with E-state index in [0.29, 0.717) is 29.5 Å². The minimum absolute atomic E-state index is 0.00284. The molecule has 1 aromatic carbocycles. The van der Waals surface area contributed by atoms with E-state index in [1.807, 2.05) is 24.3 Å². The molecule has 5 rings (SSSR count). The number of aromatic nitrogens is 6. The molecular weight excluding hydrogens is 486 g/mol. The van der Waals surface area contributed by atoms with Crippen LogP contribution in [0.2, 0.25) is 0 Å². The molecule has 3 N–H and O–H groups in total. The summed E-state index contributed by atoms with van der Waals surface area (Å²) in [6.45, 7) is 3.24. The topological polar surface area (TPSA) is 138 Å². The number of anilines is 1. The molecule has 12 nitrogen and oxygen atoms in total. The smallest absolute Gasteiger partial charge is 0.332 e. The SMILES string of the molecule is CC#CCn1c(N2CCCC(N)C2)nc2c1c(=O)n(Cc1nc3ccccc3n1CC(=O)NC)c(=O)n2C. The third-order valence-corrected chi connectivity index (χ3v) is 6.98. The Balaban J connectivity index is 1.69. The fraction of sp³-hybridized carbons (Fsp3) is 0.423. The molecule has 0 spiro atoms. The summed E-state index contributed by atoms with van der Waals surface area (Å²) in [4.78, 5) is 51.1. The highest BCUT2D eigenvalue weighted by Crippen LogP contribution is 2.23. The fourth-order valence-electron chi connectivity index (χ4n) is 5.03. The summed E-state index contributed by atoms with van der Waals surface area (Å²) < 4.78 is 6.03. The Labute approximate surface area is 218 Å². The van der Waals surface area contributed by atoms with Crippen molar-refractivity contribution in [2.45, 2.75) is 45.4 Å². The second-order valence-corrected chi connectivity index (χ2v) is 9.45. The summed E-state index contributed by atoms with van der Waals surface area (Å²) in [5.74, 6) is 6.71. The molecule has 198 valence electrons. The van der Waals surface area contributed by atoms with Gasteiger partial charge in [0, 0.05) is 33.2 Å². The molecule has 1 aliphatic heterocycles. The van der Waals surface area contributed by atoms with Gasteiger partial charge in [-0.3, -0.25) is 23.3 Å². The van der Waals surface area contributed by atoms with E-state index in [-0.39, 0.29) is 37.1 Å². The van der Waals surface area contributed by atoms with E-state index in [2.05, 4.69) is 27.0 Å². The number of imidazole rings is 2. The zero-order chi connectivity index (χ0) is 27.0. The summed E-state index contributed by atoms with van der Waals surface area (Å²) in [5, 5.41) is 2.62. The van der Waals surface area contributed by atoms with E-state index in [1.54, 1.807) is 30.2 Å². The summed E-state index contributed by atoms with van der Waals surface area (Å²) in [6, 6.07) is 7.39. The quantitative estimate of drug-likeness (QED) is 0.343. The molecule has 12 heteroatoms. The van der Waals surface area contributed by atoms with Crippen LogP contribution in [0.4, 0.5) is 5.95 Å². The number of likely N-dealkylation sites (N-methyl/N-ethyl adjacent to an activating group) is 1. The van der Waals surface area contributed by atoms with Crippen molar-refractivity contribution in [1.82, 2.24) is 33.6 Å². The highest BCUT2D eigenvalue weighted by Gasteiger charge is 2.26. The lowest BCUT2D eigenvalue weighted by Crippen LogP contribution is -2.44. The Morgan fingerprint density at radius 3 is 2.71 bits per heavy atom. The highest BCUT2D eigenvalue weighted by atomic mass is 16.2. The minimum atomic E-state index is -0.519. The minimum Gasteiger partial charge on any atom is -0.358 e. The third kappa shape index (κ3) is 4.35. The van der Waals surface area contributed by atoms with Crippen LogP contribution in [0.3, 0.4) is 0 Å². The largest absolute Gasteiger partial charge is 0.358 e. The average molecular weight is 518 g/mol. The summed E-state index contributed by atoms with van der Waals surface area (Å²) in [7, 11) is 3.16. The predicted molar refractivity (Wildman–Crippen MR) is 145 cm³/mol. The number of nitrogens with one attached hydrogen (secondary N) is 1. The molecule has 1 unspecified atom stereocenters. The molecule has 4 aromatic rings. The number of para-hydroxylation sites is 2. The molecule has 1 aliphatic rings. The van der Waals surface area contributed by atoms with Crippen molar-refractivity contribution in [2.24, 2.45) is 12.8 Å². The van der Waals surface area contributed by atoms with Crippen LogP contribution >= 0.6 is 0 Å². The van der Waals surface area contributed by atoms with Crippen molar-refractivity contribution in [3.05, 3.63) is 50.9 Å². The van der Waals surface area contributed by atoms with Crippen molar-refractivity contribution >= 4 is 34.1 Å². The van der Waals surface area contributed by atoms with Crippen LogP contribution in [-0.4, -0.2) is 60.3 Å².